The Bertz CT molecular complexity index is 781. The number of nitrogens with one attached hydrogen (secondary N) is 1. The van der Waals surface area contributed by atoms with E-state index in [-0.39, 0.29) is 10.6 Å². The number of hydrogen-bond donors (Lipinski definition) is 1. The second-order valence-corrected chi connectivity index (χ2v) is 5.54. The molecule has 3 rings (SSSR count). The van der Waals surface area contributed by atoms with Crippen LogP contribution in [0.3, 0.4) is 0 Å². The molecule has 2 aromatic carbocycles. The Morgan fingerprint density at radius 2 is 1.92 bits per heavy atom. The molecule has 0 radical (unpaired) electrons. The lowest BCUT2D eigenvalue weighted by Gasteiger charge is -2.14. The molecule has 0 saturated carbocycles. The number of ether oxygens (including phenoxy) is 3. The minimum Gasteiger partial charge on any atom is -0.496 e. The van der Waals surface area contributed by atoms with Crippen LogP contribution in [0, 0.1) is 5.82 Å². The van der Waals surface area contributed by atoms with Crippen LogP contribution in [-0.2, 0) is 0 Å². The average Bonchev–Trinajstić information content (AvgIpc) is 2.81. The molecule has 1 aliphatic rings. The Kier molecular flexibility index (Phi) is 4.76. The lowest BCUT2D eigenvalue weighted by molar-refractivity contribution is 0.102. The molecule has 126 valence electrons. The van der Waals surface area contributed by atoms with Gasteiger partial charge in [-0.1, -0.05) is 11.6 Å². The SMILES string of the molecule is COc1cc2c(cc1C(=O)Nc1ccc(F)c(Cl)c1)OCCCO2. The highest BCUT2D eigenvalue weighted by atomic mass is 35.5. The minimum absolute atomic E-state index is 0.0709. The van der Waals surface area contributed by atoms with Gasteiger partial charge in [-0.05, 0) is 18.2 Å². The van der Waals surface area contributed by atoms with Crippen molar-refractivity contribution in [1.82, 2.24) is 0 Å². The minimum atomic E-state index is -0.553. The van der Waals surface area contributed by atoms with E-state index in [1.165, 1.54) is 25.3 Å². The quantitative estimate of drug-likeness (QED) is 0.911. The fourth-order valence-corrected chi connectivity index (χ4v) is 2.49. The molecular weight excluding hydrogens is 337 g/mol. The highest BCUT2D eigenvalue weighted by Gasteiger charge is 2.20. The largest absolute Gasteiger partial charge is 0.496 e. The highest BCUT2D eigenvalue weighted by molar-refractivity contribution is 6.31. The van der Waals surface area contributed by atoms with Gasteiger partial charge in [0.25, 0.3) is 5.91 Å². The predicted molar refractivity (Wildman–Crippen MR) is 88.0 cm³/mol. The Labute approximate surface area is 143 Å². The number of fused-ring (bicyclic) bond motifs is 1. The number of hydrogen-bond acceptors (Lipinski definition) is 4. The topological polar surface area (TPSA) is 56.8 Å². The zero-order chi connectivity index (χ0) is 17.1. The Morgan fingerprint density at radius 3 is 2.58 bits per heavy atom. The zero-order valence-corrected chi connectivity index (χ0v) is 13.7. The Hall–Kier alpha value is -2.47. The van der Waals surface area contributed by atoms with E-state index in [0.717, 1.165) is 6.42 Å². The van der Waals surface area contributed by atoms with Crippen molar-refractivity contribution in [2.75, 3.05) is 25.6 Å². The molecule has 0 fully saturated rings. The van der Waals surface area contributed by atoms with Crippen LogP contribution >= 0.6 is 11.6 Å². The first-order valence-corrected chi connectivity index (χ1v) is 7.70. The lowest BCUT2D eigenvalue weighted by Crippen LogP contribution is -2.13. The van der Waals surface area contributed by atoms with Gasteiger partial charge in [0.1, 0.15) is 11.6 Å². The van der Waals surface area contributed by atoms with Gasteiger partial charge >= 0.3 is 0 Å². The van der Waals surface area contributed by atoms with Crippen molar-refractivity contribution in [2.45, 2.75) is 6.42 Å². The van der Waals surface area contributed by atoms with Gasteiger partial charge in [-0.15, -0.1) is 0 Å². The smallest absolute Gasteiger partial charge is 0.259 e. The van der Waals surface area contributed by atoms with Crippen LogP contribution in [-0.4, -0.2) is 26.2 Å². The highest BCUT2D eigenvalue weighted by Crippen LogP contribution is 2.36. The van der Waals surface area contributed by atoms with Crippen molar-refractivity contribution in [1.29, 1.82) is 0 Å². The number of amides is 1. The third-order valence-electron chi connectivity index (χ3n) is 3.49. The van der Waals surface area contributed by atoms with Gasteiger partial charge in [-0.25, -0.2) is 4.39 Å². The molecule has 0 bridgehead atoms. The Morgan fingerprint density at radius 1 is 1.21 bits per heavy atom. The first kappa shape index (κ1) is 16.4. The normalized spacial score (nSPS) is 13.1. The van der Waals surface area contributed by atoms with E-state index in [4.69, 9.17) is 25.8 Å². The van der Waals surface area contributed by atoms with E-state index >= 15 is 0 Å². The molecule has 1 amide bonds. The second kappa shape index (κ2) is 6.97. The van der Waals surface area contributed by atoms with Crippen LogP contribution in [0.2, 0.25) is 5.02 Å². The molecule has 1 N–H and O–H groups in total. The molecule has 0 spiro atoms. The van der Waals surface area contributed by atoms with Gasteiger partial charge in [0.2, 0.25) is 0 Å². The number of carbonyl (C=O) groups is 1. The van der Waals surface area contributed by atoms with E-state index in [2.05, 4.69) is 5.32 Å². The van der Waals surface area contributed by atoms with Gasteiger partial charge in [0, 0.05) is 24.2 Å². The van der Waals surface area contributed by atoms with Crippen molar-refractivity contribution in [3.05, 3.63) is 46.7 Å². The molecule has 0 aromatic heterocycles. The van der Waals surface area contributed by atoms with Gasteiger partial charge in [0.05, 0.1) is 30.9 Å². The van der Waals surface area contributed by atoms with Crippen LogP contribution in [0.15, 0.2) is 30.3 Å². The van der Waals surface area contributed by atoms with Crippen molar-refractivity contribution in [3.63, 3.8) is 0 Å². The van der Waals surface area contributed by atoms with Crippen molar-refractivity contribution >= 4 is 23.2 Å². The number of methoxy groups -OCH3 is 1. The molecular formula is C17H15ClFNO4. The molecule has 0 unspecified atom stereocenters. The van der Waals surface area contributed by atoms with Gasteiger partial charge in [0.15, 0.2) is 11.5 Å². The summed E-state index contributed by atoms with van der Waals surface area (Å²) in [6, 6.07) is 7.13. The van der Waals surface area contributed by atoms with Gasteiger partial charge < -0.3 is 19.5 Å². The monoisotopic (exact) mass is 351 g/mol. The van der Waals surface area contributed by atoms with Crippen LogP contribution in [0.4, 0.5) is 10.1 Å². The summed E-state index contributed by atoms with van der Waals surface area (Å²) in [5.41, 5.74) is 0.655. The third kappa shape index (κ3) is 3.38. The van der Waals surface area contributed by atoms with Crippen LogP contribution in [0.1, 0.15) is 16.8 Å². The standard InChI is InChI=1S/C17H15ClFNO4/c1-22-14-9-16-15(23-5-2-6-24-16)8-11(14)17(21)20-10-3-4-13(19)12(18)7-10/h3-4,7-9H,2,5-6H2,1H3,(H,20,21). The Balaban J connectivity index is 1.90. The third-order valence-corrected chi connectivity index (χ3v) is 3.78. The van der Waals surface area contributed by atoms with Gasteiger partial charge in [-0.2, -0.15) is 0 Å². The summed E-state index contributed by atoms with van der Waals surface area (Å²) >= 11 is 5.73. The molecule has 1 heterocycles. The first-order chi connectivity index (χ1) is 11.6. The first-order valence-electron chi connectivity index (χ1n) is 7.32. The summed E-state index contributed by atoms with van der Waals surface area (Å²) in [6.45, 7) is 1.05. The van der Waals surface area contributed by atoms with Crippen LogP contribution < -0.4 is 19.5 Å². The van der Waals surface area contributed by atoms with Gasteiger partial charge in [-0.3, -0.25) is 4.79 Å². The summed E-state index contributed by atoms with van der Waals surface area (Å²) in [5.74, 6) is 0.388. The van der Waals surface area contributed by atoms with Crippen molar-refractivity contribution < 1.29 is 23.4 Å². The zero-order valence-electron chi connectivity index (χ0n) is 12.9. The summed E-state index contributed by atoms with van der Waals surface area (Å²) < 4.78 is 29.7. The number of halogens is 2. The molecule has 5 nitrogen and oxygen atoms in total. The van der Waals surface area contributed by atoms with E-state index in [9.17, 15) is 9.18 Å². The summed E-state index contributed by atoms with van der Waals surface area (Å²) in [6.07, 6.45) is 0.757. The summed E-state index contributed by atoms with van der Waals surface area (Å²) in [5, 5.41) is 2.59. The second-order valence-electron chi connectivity index (χ2n) is 5.13. The van der Waals surface area contributed by atoms with E-state index in [0.29, 0.717) is 36.1 Å². The average molecular weight is 352 g/mol. The van der Waals surface area contributed by atoms with Crippen molar-refractivity contribution in [3.8, 4) is 17.2 Å². The number of benzene rings is 2. The molecule has 1 aliphatic heterocycles. The molecule has 2 aromatic rings. The molecule has 7 heteroatoms. The van der Waals surface area contributed by atoms with E-state index in [1.54, 1.807) is 12.1 Å². The number of rotatable bonds is 3. The van der Waals surface area contributed by atoms with Crippen molar-refractivity contribution in [2.24, 2.45) is 0 Å². The van der Waals surface area contributed by atoms with E-state index in [1.807, 2.05) is 0 Å². The van der Waals surface area contributed by atoms with Crippen LogP contribution in [0.5, 0.6) is 17.2 Å². The fraction of sp³-hybridized carbons (Fsp3) is 0.235. The maximum absolute atomic E-state index is 13.2. The maximum Gasteiger partial charge on any atom is 0.259 e. The molecule has 24 heavy (non-hydrogen) atoms. The number of anilines is 1. The summed E-state index contributed by atoms with van der Waals surface area (Å²) in [4.78, 5) is 12.5. The van der Waals surface area contributed by atoms with Crippen LogP contribution in [0.25, 0.3) is 0 Å². The maximum atomic E-state index is 13.2. The number of carbonyl (C=O) groups excluding carboxylic acids is 1. The molecule has 0 aliphatic carbocycles. The lowest BCUT2D eigenvalue weighted by atomic mass is 10.1. The predicted octanol–water partition coefficient (Wildman–Crippen LogP) is 3.90. The fourth-order valence-electron chi connectivity index (χ4n) is 2.31. The summed E-state index contributed by atoms with van der Waals surface area (Å²) in [7, 11) is 1.46. The van der Waals surface area contributed by atoms with E-state index < -0.39 is 11.7 Å². The molecule has 0 saturated heterocycles. The molecule has 0 atom stereocenters.